The van der Waals surface area contributed by atoms with E-state index in [9.17, 15) is 14.4 Å². The first-order valence-electron chi connectivity index (χ1n) is 12.2. The molecule has 198 valence electrons. The Hall–Kier alpha value is -3.93. The van der Waals surface area contributed by atoms with Gasteiger partial charge in [0.25, 0.3) is 11.8 Å². The summed E-state index contributed by atoms with van der Waals surface area (Å²) < 4.78 is 10.6. The molecule has 0 aliphatic carbocycles. The molecule has 0 saturated carbocycles. The zero-order valence-corrected chi connectivity index (χ0v) is 21.3. The molecule has 1 aromatic heterocycles. The summed E-state index contributed by atoms with van der Waals surface area (Å²) in [7, 11) is 0. The fraction of sp³-hybridized carbons (Fsp3) is 0.480. The van der Waals surface area contributed by atoms with Crippen LogP contribution in [0.1, 0.15) is 47.9 Å². The molecule has 3 heterocycles. The van der Waals surface area contributed by atoms with Gasteiger partial charge in [0.05, 0.1) is 19.3 Å². The summed E-state index contributed by atoms with van der Waals surface area (Å²) >= 11 is 0. The summed E-state index contributed by atoms with van der Waals surface area (Å²) in [6, 6.07) is 6.81. The van der Waals surface area contributed by atoms with E-state index in [1.165, 1.54) is 6.20 Å². The van der Waals surface area contributed by atoms with Gasteiger partial charge in [-0.3, -0.25) is 9.59 Å². The maximum Gasteiger partial charge on any atom is 0.407 e. The Morgan fingerprint density at radius 3 is 2.46 bits per heavy atom. The van der Waals surface area contributed by atoms with Crippen LogP contribution in [0, 0.1) is 0 Å². The van der Waals surface area contributed by atoms with E-state index in [2.05, 4.69) is 20.6 Å². The van der Waals surface area contributed by atoms with Gasteiger partial charge in [0.15, 0.2) is 0 Å². The van der Waals surface area contributed by atoms with Crippen LogP contribution in [0.3, 0.4) is 0 Å². The van der Waals surface area contributed by atoms with Gasteiger partial charge in [-0.25, -0.2) is 9.78 Å². The van der Waals surface area contributed by atoms with E-state index in [0.717, 1.165) is 0 Å². The Balaban J connectivity index is 1.44. The summed E-state index contributed by atoms with van der Waals surface area (Å²) in [5, 5.41) is 5.99. The predicted molar refractivity (Wildman–Crippen MR) is 137 cm³/mol. The van der Waals surface area contributed by atoms with Crippen molar-refractivity contribution in [3.05, 3.63) is 41.6 Å². The first-order valence-corrected chi connectivity index (χ1v) is 12.2. The SMILES string of the molecule is CC(C)(C)OC(=O)NC1CCN(c2ncc(C(N)=O)c(Nc3ccc(C(=O)N4CCOCC4)cc3)n2)C1. The number of ether oxygens (including phenoxy) is 2. The molecule has 2 aliphatic heterocycles. The molecule has 1 atom stereocenters. The van der Waals surface area contributed by atoms with Crippen LogP contribution in [0.25, 0.3) is 0 Å². The van der Waals surface area contributed by atoms with Gasteiger partial charge >= 0.3 is 6.09 Å². The third kappa shape index (κ3) is 6.85. The highest BCUT2D eigenvalue weighted by Crippen LogP contribution is 2.24. The second kappa shape index (κ2) is 11.0. The number of morpholine rings is 1. The van der Waals surface area contributed by atoms with E-state index in [4.69, 9.17) is 15.2 Å². The zero-order valence-electron chi connectivity index (χ0n) is 21.3. The lowest BCUT2D eigenvalue weighted by molar-refractivity contribution is 0.0303. The summed E-state index contributed by atoms with van der Waals surface area (Å²) in [6.07, 6.45) is 1.61. The van der Waals surface area contributed by atoms with Crippen LogP contribution in [0.15, 0.2) is 30.5 Å². The number of nitrogens with one attached hydrogen (secondary N) is 2. The summed E-state index contributed by atoms with van der Waals surface area (Å²) in [5.74, 6) is -0.0620. The van der Waals surface area contributed by atoms with Crippen LogP contribution in [0.4, 0.5) is 22.2 Å². The maximum absolute atomic E-state index is 12.7. The monoisotopic (exact) mass is 511 g/mol. The molecule has 3 amide bonds. The van der Waals surface area contributed by atoms with Gasteiger partial charge < -0.3 is 35.6 Å². The molecule has 2 saturated heterocycles. The first-order chi connectivity index (χ1) is 17.6. The minimum Gasteiger partial charge on any atom is -0.444 e. The highest BCUT2D eigenvalue weighted by molar-refractivity contribution is 5.98. The largest absolute Gasteiger partial charge is 0.444 e. The summed E-state index contributed by atoms with van der Waals surface area (Å²) in [4.78, 5) is 49.4. The van der Waals surface area contributed by atoms with Crippen molar-refractivity contribution in [2.24, 2.45) is 5.73 Å². The van der Waals surface area contributed by atoms with E-state index in [0.29, 0.717) is 63.0 Å². The van der Waals surface area contributed by atoms with E-state index in [1.54, 1.807) is 29.2 Å². The minimum absolute atomic E-state index is 0.0550. The van der Waals surface area contributed by atoms with Crippen molar-refractivity contribution >= 4 is 35.4 Å². The Kier molecular flexibility index (Phi) is 7.77. The molecule has 0 radical (unpaired) electrons. The molecule has 12 nitrogen and oxygen atoms in total. The minimum atomic E-state index is -0.668. The molecule has 2 aliphatic rings. The van der Waals surface area contributed by atoms with Crippen LogP contribution in [-0.2, 0) is 9.47 Å². The fourth-order valence-corrected chi connectivity index (χ4v) is 4.12. The first kappa shape index (κ1) is 26.1. The topological polar surface area (TPSA) is 152 Å². The third-order valence-electron chi connectivity index (χ3n) is 5.93. The second-order valence-electron chi connectivity index (χ2n) is 9.98. The Labute approximate surface area is 215 Å². The number of hydrogen-bond donors (Lipinski definition) is 3. The lowest BCUT2D eigenvalue weighted by Gasteiger charge is -2.26. The van der Waals surface area contributed by atoms with Crippen molar-refractivity contribution in [1.82, 2.24) is 20.2 Å². The molecule has 0 bridgehead atoms. The zero-order chi connectivity index (χ0) is 26.6. The summed E-state index contributed by atoms with van der Waals surface area (Å²) in [6.45, 7) is 8.74. The number of anilines is 3. The van der Waals surface area contributed by atoms with Crippen molar-refractivity contribution in [2.75, 3.05) is 49.6 Å². The quantitative estimate of drug-likeness (QED) is 0.528. The van der Waals surface area contributed by atoms with Gasteiger partial charge in [0.2, 0.25) is 5.95 Å². The lowest BCUT2D eigenvalue weighted by atomic mass is 10.1. The van der Waals surface area contributed by atoms with E-state index >= 15 is 0 Å². The van der Waals surface area contributed by atoms with Crippen molar-refractivity contribution in [1.29, 1.82) is 0 Å². The maximum atomic E-state index is 12.7. The van der Waals surface area contributed by atoms with Gasteiger partial charge in [-0.1, -0.05) is 0 Å². The number of carbonyl (C=O) groups excluding carboxylic acids is 3. The number of amides is 3. The third-order valence-corrected chi connectivity index (χ3v) is 5.93. The Bertz CT molecular complexity index is 1140. The van der Waals surface area contributed by atoms with Crippen molar-refractivity contribution in [3.63, 3.8) is 0 Å². The molecule has 4 N–H and O–H groups in total. The van der Waals surface area contributed by atoms with Gasteiger partial charge in [-0.15, -0.1) is 0 Å². The Morgan fingerprint density at radius 2 is 1.81 bits per heavy atom. The number of benzene rings is 1. The molecule has 12 heteroatoms. The molecule has 0 spiro atoms. The van der Waals surface area contributed by atoms with Gasteiger partial charge in [-0.05, 0) is 51.5 Å². The van der Waals surface area contributed by atoms with E-state index in [1.807, 2.05) is 25.7 Å². The number of rotatable bonds is 6. The molecular weight excluding hydrogens is 478 g/mol. The predicted octanol–water partition coefficient (Wildman–Crippen LogP) is 1.89. The average molecular weight is 512 g/mol. The smallest absolute Gasteiger partial charge is 0.407 e. The average Bonchev–Trinajstić information content (AvgIpc) is 3.31. The van der Waals surface area contributed by atoms with Crippen LogP contribution in [-0.4, -0.2) is 83.8 Å². The number of aromatic nitrogens is 2. The molecule has 4 rings (SSSR count). The highest BCUT2D eigenvalue weighted by atomic mass is 16.6. The lowest BCUT2D eigenvalue weighted by Crippen LogP contribution is -2.40. The fourth-order valence-electron chi connectivity index (χ4n) is 4.12. The van der Waals surface area contributed by atoms with Crippen LogP contribution in [0.2, 0.25) is 0 Å². The second-order valence-corrected chi connectivity index (χ2v) is 9.98. The molecule has 1 unspecified atom stereocenters. The normalized spacial score (nSPS) is 17.9. The number of nitrogens with two attached hydrogens (primary N) is 1. The van der Waals surface area contributed by atoms with Crippen LogP contribution in [0.5, 0.6) is 0 Å². The van der Waals surface area contributed by atoms with Crippen LogP contribution < -0.4 is 21.3 Å². The highest BCUT2D eigenvalue weighted by Gasteiger charge is 2.28. The molecule has 2 fully saturated rings. The molecule has 1 aromatic carbocycles. The molecule has 37 heavy (non-hydrogen) atoms. The summed E-state index contributed by atoms with van der Waals surface area (Å²) in [5.41, 5.74) is 6.31. The molecule has 2 aromatic rings. The number of nitrogens with zero attached hydrogens (tertiary/aromatic N) is 4. The number of carbonyl (C=O) groups is 3. The van der Waals surface area contributed by atoms with Crippen LogP contribution >= 0.6 is 0 Å². The van der Waals surface area contributed by atoms with E-state index in [-0.39, 0.29) is 23.3 Å². The van der Waals surface area contributed by atoms with Crippen molar-refractivity contribution in [2.45, 2.75) is 38.8 Å². The number of primary amides is 1. The molecular formula is C25H33N7O5. The van der Waals surface area contributed by atoms with Crippen molar-refractivity contribution < 1.29 is 23.9 Å². The van der Waals surface area contributed by atoms with Crippen molar-refractivity contribution in [3.8, 4) is 0 Å². The standard InChI is InChI=1S/C25H33N7O5/c1-25(2,3)37-24(35)29-18-8-9-32(15-18)23-27-14-19(20(26)33)21(30-23)28-17-6-4-16(5-7-17)22(34)31-10-12-36-13-11-31/h4-7,14,18H,8-13,15H2,1-3H3,(H2,26,33)(H,29,35)(H,27,28,30). The Morgan fingerprint density at radius 1 is 1.11 bits per heavy atom. The van der Waals surface area contributed by atoms with E-state index < -0.39 is 17.6 Å². The van der Waals surface area contributed by atoms with Gasteiger partial charge in [0.1, 0.15) is 17.0 Å². The van der Waals surface area contributed by atoms with Gasteiger partial charge in [-0.2, -0.15) is 4.98 Å². The number of alkyl carbamates (subject to hydrolysis) is 1. The van der Waals surface area contributed by atoms with Gasteiger partial charge in [0, 0.05) is 43.6 Å². The number of hydrogen-bond acceptors (Lipinski definition) is 9.